The van der Waals surface area contributed by atoms with Gasteiger partial charge in [-0.3, -0.25) is 30.1 Å². The molecule has 2 amide bonds. The van der Waals surface area contributed by atoms with Gasteiger partial charge in [-0.05, 0) is 36.6 Å². The molecule has 1 fully saturated rings. The maximum atomic E-state index is 12.2. The predicted molar refractivity (Wildman–Crippen MR) is 115 cm³/mol. The highest BCUT2D eigenvalue weighted by Crippen LogP contribution is 2.23. The Bertz CT molecular complexity index is 1060. The fourth-order valence-electron chi connectivity index (χ4n) is 3.33. The molecule has 158 valence electrons. The molecule has 8 nitrogen and oxygen atoms in total. The maximum Gasteiger partial charge on any atom is 0.267 e. The number of hydrogen-bond acceptors (Lipinski definition) is 5. The van der Waals surface area contributed by atoms with Crippen LogP contribution in [0, 0.1) is 0 Å². The Morgan fingerprint density at radius 3 is 2.77 bits per heavy atom. The molecule has 0 radical (unpaired) electrons. The Hall–Kier alpha value is -3.78. The molecule has 8 heteroatoms. The van der Waals surface area contributed by atoms with Gasteiger partial charge in [0.15, 0.2) is 0 Å². The van der Waals surface area contributed by atoms with Gasteiger partial charge in [-0.15, -0.1) is 0 Å². The van der Waals surface area contributed by atoms with Crippen molar-refractivity contribution >= 4 is 17.9 Å². The molecule has 4 rings (SSSR count). The van der Waals surface area contributed by atoms with Crippen LogP contribution in [-0.2, 0) is 20.9 Å². The van der Waals surface area contributed by atoms with E-state index in [1.807, 2.05) is 53.3 Å². The van der Waals surface area contributed by atoms with Crippen LogP contribution >= 0.6 is 0 Å². The van der Waals surface area contributed by atoms with Crippen LogP contribution < -0.4 is 10.9 Å². The van der Waals surface area contributed by atoms with Crippen LogP contribution in [0.4, 0.5) is 0 Å². The van der Waals surface area contributed by atoms with Crippen LogP contribution in [0.25, 0.3) is 17.3 Å². The summed E-state index contributed by atoms with van der Waals surface area (Å²) in [5.41, 5.74) is 8.24. The Morgan fingerprint density at radius 1 is 1.16 bits per heavy atom. The lowest BCUT2D eigenvalue weighted by Crippen LogP contribution is -2.45. The fraction of sp³-hybridized carbons (Fsp3) is 0.217. The molecule has 2 N–H and O–H groups in total. The van der Waals surface area contributed by atoms with E-state index in [2.05, 4.69) is 20.9 Å². The van der Waals surface area contributed by atoms with Gasteiger partial charge in [0.25, 0.3) is 11.8 Å². The summed E-state index contributed by atoms with van der Waals surface area (Å²) >= 11 is 0. The van der Waals surface area contributed by atoms with Gasteiger partial charge in [0.1, 0.15) is 11.8 Å². The molecule has 3 heterocycles. The van der Waals surface area contributed by atoms with Crippen molar-refractivity contribution in [3.8, 4) is 11.3 Å². The number of ether oxygens (including phenoxy) is 1. The topological polar surface area (TPSA) is 98.1 Å². The number of aromatic nitrogens is 3. The molecule has 1 atom stereocenters. The lowest BCUT2D eigenvalue weighted by Gasteiger charge is -2.09. The van der Waals surface area contributed by atoms with Crippen molar-refractivity contribution in [2.75, 3.05) is 6.61 Å². The number of nitrogens with zero attached hydrogens (tertiary/aromatic N) is 3. The van der Waals surface area contributed by atoms with Gasteiger partial charge in [0.2, 0.25) is 0 Å². The third-order valence-electron chi connectivity index (χ3n) is 4.86. The third-order valence-corrected chi connectivity index (χ3v) is 4.86. The number of hydrogen-bond donors (Lipinski definition) is 2. The average molecular weight is 417 g/mol. The lowest BCUT2D eigenvalue weighted by atomic mass is 10.1. The number of pyridine rings is 1. The molecule has 1 aromatic carbocycles. The van der Waals surface area contributed by atoms with Crippen LogP contribution in [-0.4, -0.2) is 39.3 Å². The van der Waals surface area contributed by atoms with Gasteiger partial charge in [-0.2, -0.15) is 5.10 Å². The summed E-state index contributed by atoms with van der Waals surface area (Å²) in [6.45, 7) is 1.17. The van der Waals surface area contributed by atoms with Gasteiger partial charge in [-0.25, -0.2) is 0 Å². The highest BCUT2D eigenvalue weighted by Gasteiger charge is 2.23. The summed E-state index contributed by atoms with van der Waals surface area (Å²) in [5.74, 6) is -0.787. The van der Waals surface area contributed by atoms with Gasteiger partial charge in [0, 0.05) is 42.4 Å². The Kier molecular flexibility index (Phi) is 6.49. The van der Waals surface area contributed by atoms with Gasteiger partial charge >= 0.3 is 0 Å². The standard InChI is InChI=1S/C23H23N5O3/c29-21(25-26-23(30)20-9-5-13-31-20)11-10-19-16-28(15-17-6-2-1-3-7-17)27-22(19)18-8-4-12-24-14-18/h1-4,6-8,10-12,14,16,20H,5,9,13,15H2,(H,25,29)(H,26,30)/b11-10+. The van der Waals surface area contributed by atoms with Crippen molar-refractivity contribution in [3.63, 3.8) is 0 Å². The monoisotopic (exact) mass is 417 g/mol. The molecule has 1 unspecified atom stereocenters. The Balaban J connectivity index is 1.47. The van der Waals surface area contributed by atoms with E-state index >= 15 is 0 Å². The molecule has 2 aromatic heterocycles. The molecule has 1 aliphatic heterocycles. The average Bonchev–Trinajstić information content (AvgIpc) is 3.48. The molecule has 0 saturated carbocycles. The van der Waals surface area contributed by atoms with E-state index in [4.69, 9.17) is 4.74 Å². The first kappa shape index (κ1) is 20.5. The van der Waals surface area contributed by atoms with Crippen molar-refractivity contribution < 1.29 is 14.3 Å². The maximum absolute atomic E-state index is 12.2. The van der Waals surface area contributed by atoms with E-state index < -0.39 is 12.0 Å². The van der Waals surface area contributed by atoms with E-state index in [0.29, 0.717) is 19.6 Å². The molecule has 1 saturated heterocycles. The molecule has 0 bridgehead atoms. The SMILES string of the molecule is O=C(/C=C/c1cn(Cc2ccccc2)nc1-c1cccnc1)NNC(=O)C1CCCO1. The molecule has 31 heavy (non-hydrogen) atoms. The zero-order valence-corrected chi connectivity index (χ0v) is 16.9. The summed E-state index contributed by atoms with van der Waals surface area (Å²) in [4.78, 5) is 28.3. The van der Waals surface area contributed by atoms with Crippen LogP contribution in [0.5, 0.6) is 0 Å². The van der Waals surface area contributed by atoms with Crippen molar-refractivity contribution in [2.45, 2.75) is 25.5 Å². The fourth-order valence-corrected chi connectivity index (χ4v) is 3.33. The summed E-state index contributed by atoms with van der Waals surface area (Å²) in [5, 5.41) is 4.69. The smallest absolute Gasteiger partial charge is 0.267 e. The second-order valence-electron chi connectivity index (χ2n) is 7.17. The van der Waals surface area contributed by atoms with Crippen molar-refractivity contribution in [3.05, 3.63) is 78.3 Å². The number of carbonyl (C=O) groups is 2. The van der Waals surface area contributed by atoms with Crippen LogP contribution in [0.3, 0.4) is 0 Å². The third kappa shape index (κ3) is 5.43. The van der Waals surface area contributed by atoms with Gasteiger partial charge in [-0.1, -0.05) is 30.3 Å². The van der Waals surface area contributed by atoms with E-state index in [0.717, 1.165) is 28.8 Å². The highest BCUT2D eigenvalue weighted by molar-refractivity contribution is 5.94. The quantitative estimate of drug-likeness (QED) is 0.474. The van der Waals surface area contributed by atoms with Crippen LogP contribution in [0.1, 0.15) is 24.0 Å². The van der Waals surface area contributed by atoms with Gasteiger partial charge in [0.05, 0.1) is 6.54 Å². The summed E-state index contributed by atoms with van der Waals surface area (Å²) in [7, 11) is 0. The van der Waals surface area contributed by atoms with Crippen LogP contribution in [0.15, 0.2) is 67.1 Å². The normalized spacial score (nSPS) is 15.8. The zero-order valence-electron chi connectivity index (χ0n) is 16.9. The molecule has 0 spiro atoms. The number of hydrazine groups is 1. The van der Waals surface area contributed by atoms with Crippen LogP contribution in [0.2, 0.25) is 0 Å². The van der Waals surface area contributed by atoms with E-state index in [-0.39, 0.29) is 5.91 Å². The number of amides is 2. The number of carbonyl (C=O) groups excluding carboxylic acids is 2. The first-order valence-electron chi connectivity index (χ1n) is 10.1. The second kappa shape index (κ2) is 9.82. The minimum Gasteiger partial charge on any atom is -0.368 e. The molecule has 3 aromatic rings. The summed E-state index contributed by atoms with van der Waals surface area (Å²) < 4.78 is 7.12. The van der Waals surface area contributed by atoms with E-state index in [1.165, 1.54) is 6.08 Å². The number of rotatable bonds is 6. The molecular formula is C23H23N5O3. The van der Waals surface area contributed by atoms with Crippen molar-refractivity contribution in [1.29, 1.82) is 0 Å². The van der Waals surface area contributed by atoms with Crippen molar-refractivity contribution in [2.24, 2.45) is 0 Å². The highest BCUT2D eigenvalue weighted by atomic mass is 16.5. The predicted octanol–water partition coefficient (Wildman–Crippen LogP) is 2.33. The molecular weight excluding hydrogens is 394 g/mol. The number of nitrogens with one attached hydrogen (secondary N) is 2. The van der Waals surface area contributed by atoms with E-state index in [9.17, 15) is 9.59 Å². The Labute approximate surface area is 179 Å². The Morgan fingerprint density at radius 2 is 2.03 bits per heavy atom. The lowest BCUT2D eigenvalue weighted by molar-refractivity contribution is -0.133. The molecule has 1 aliphatic rings. The minimum atomic E-state index is -0.502. The van der Waals surface area contributed by atoms with E-state index in [1.54, 1.807) is 18.5 Å². The summed E-state index contributed by atoms with van der Waals surface area (Å²) in [6.07, 6.45) is 9.34. The summed E-state index contributed by atoms with van der Waals surface area (Å²) in [6, 6.07) is 13.8. The first-order valence-corrected chi connectivity index (χ1v) is 10.1. The minimum absolute atomic E-state index is 0.342. The van der Waals surface area contributed by atoms with Crippen molar-refractivity contribution in [1.82, 2.24) is 25.6 Å². The first-order chi connectivity index (χ1) is 15.2. The largest absolute Gasteiger partial charge is 0.368 e. The van der Waals surface area contributed by atoms with Gasteiger partial charge < -0.3 is 4.74 Å². The number of benzene rings is 1. The zero-order chi connectivity index (χ0) is 21.5. The second-order valence-corrected chi connectivity index (χ2v) is 7.17. The molecule has 0 aliphatic carbocycles.